The van der Waals surface area contributed by atoms with Gasteiger partial charge in [-0.15, -0.1) is 0 Å². The van der Waals surface area contributed by atoms with Gasteiger partial charge in [0.1, 0.15) is 0 Å². The fraction of sp³-hybridized carbons (Fsp3) is 1.00. The highest BCUT2D eigenvalue weighted by atomic mass is 15.1. The monoisotopic (exact) mass is 184 g/mol. The molecule has 0 spiro atoms. The van der Waals surface area contributed by atoms with Crippen LogP contribution in [0.25, 0.3) is 0 Å². The number of hydrogen-bond donors (Lipinski definition) is 1. The molecule has 0 radical (unpaired) electrons. The average Bonchev–Trinajstić information content (AvgIpc) is 2.93. The van der Waals surface area contributed by atoms with E-state index in [2.05, 4.69) is 31.1 Å². The molecule has 0 aliphatic heterocycles. The molecular weight excluding hydrogens is 160 g/mol. The minimum absolute atomic E-state index is 0.682. The molecule has 0 heterocycles. The second-order valence-electron chi connectivity index (χ2n) is 4.36. The summed E-state index contributed by atoms with van der Waals surface area (Å²) >= 11 is 0. The van der Waals surface area contributed by atoms with Crippen LogP contribution < -0.4 is 5.32 Å². The quantitative estimate of drug-likeness (QED) is 0.649. The molecule has 1 aliphatic rings. The molecule has 1 aliphatic carbocycles. The third-order valence-electron chi connectivity index (χ3n) is 2.83. The molecule has 1 saturated carbocycles. The molecule has 2 nitrogen and oxygen atoms in total. The molecule has 0 saturated heterocycles. The highest BCUT2D eigenvalue weighted by Gasteiger charge is 2.25. The van der Waals surface area contributed by atoms with E-state index in [0.717, 1.165) is 12.6 Å². The van der Waals surface area contributed by atoms with Crippen LogP contribution in [0.3, 0.4) is 0 Å². The zero-order chi connectivity index (χ0) is 9.68. The van der Waals surface area contributed by atoms with Gasteiger partial charge in [-0.2, -0.15) is 0 Å². The van der Waals surface area contributed by atoms with E-state index in [0.29, 0.717) is 6.04 Å². The maximum Gasteiger partial charge on any atom is 0.00933 e. The highest BCUT2D eigenvalue weighted by molar-refractivity contribution is 4.82. The predicted octanol–water partition coefficient (Wildman–Crippen LogP) is 1.86. The van der Waals surface area contributed by atoms with Crippen molar-refractivity contribution in [3.63, 3.8) is 0 Å². The molecule has 13 heavy (non-hydrogen) atoms. The fourth-order valence-electron chi connectivity index (χ4n) is 1.59. The van der Waals surface area contributed by atoms with E-state index in [4.69, 9.17) is 0 Å². The van der Waals surface area contributed by atoms with E-state index < -0.39 is 0 Å². The second kappa shape index (κ2) is 5.61. The van der Waals surface area contributed by atoms with Crippen LogP contribution in [-0.2, 0) is 0 Å². The summed E-state index contributed by atoms with van der Waals surface area (Å²) in [6.45, 7) is 6.92. The van der Waals surface area contributed by atoms with Crippen LogP contribution in [0.4, 0.5) is 0 Å². The Hall–Kier alpha value is -0.0800. The molecule has 1 fully saturated rings. The number of rotatable bonds is 7. The van der Waals surface area contributed by atoms with Crippen LogP contribution in [0.2, 0.25) is 0 Å². The van der Waals surface area contributed by atoms with Crippen LogP contribution in [0.1, 0.15) is 39.5 Å². The van der Waals surface area contributed by atoms with Crippen molar-refractivity contribution in [3.8, 4) is 0 Å². The molecule has 1 N–H and O–H groups in total. The molecular formula is C11H24N2. The van der Waals surface area contributed by atoms with E-state index in [9.17, 15) is 0 Å². The van der Waals surface area contributed by atoms with E-state index in [1.807, 2.05) is 0 Å². The molecule has 1 unspecified atom stereocenters. The summed E-state index contributed by atoms with van der Waals surface area (Å²) in [5, 5.41) is 3.52. The first kappa shape index (κ1) is 11.0. The van der Waals surface area contributed by atoms with Gasteiger partial charge in [-0.1, -0.05) is 6.92 Å². The van der Waals surface area contributed by atoms with E-state index in [-0.39, 0.29) is 0 Å². The van der Waals surface area contributed by atoms with Gasteiger partial charge in [0.05, 0.1) is 0 Å². The van der Waals surface area contributed by atoms with Gasteiger partial charge in [0.2, 0.25) is 0 Å². The average molecular weight is 184 g/mol. The molecule has 0 aromatic carbocycles. The summed E-state index contributed by atoms with van der Waals surface area (Å²) in [6, 6.07) is 1.60. The molecule has 78 valence electrons. The van der Waals surface area contributed by atoms with Crippen molar-refractivity contribution in [2.75, 3.05) is 20.1 Å². The maximum atomic E-state index is 3.52. The normalized spacial score (nSPS) is 19.4. The lowest BCUT2D eigenvalue weighted by atomic mass is 10.2. The van der Waals surface area contributed by atoms with Crippen LogP contribution in [0.15, 0.2) is 0 Å². The largest absolute Gasteiger partial charge is 0.314 e. The molecule has 0 amide bonds. The van der Waals surface area contributed by atoms with Crippen molar-refractivity contribution in [3.05, 3.63) is 0 Å². The van der Waals surface area contributed by atoms with Gasteiger partial charge in [0, 0.05) is 12.1 Å². The molecule has 2 heteroatoms. The summed E-state index contributed by atoms with van der Waals surface area (Å²) in [5.74, 6) is 0. The Balaban J connectivity index is 1.96. The lowest BCUT2D eigenvalue weighted by molar-refractivity contribution is 0.302. The number of nitrogens with zero attached hydrogens (tertiary/aromatic N) is 1. The maximum absolute atomic E-state index is 3.52. The van der Waals surface area contributed by atoms with Crippen LogP contribution in [-0.4, -0.2) is 37.1 Å². The van der Waals surface area contributed by atoms with Crippen molar-refractivity contribution < 1.29 is 0 Å². The number of nitrogens with one attached hydrogen (secondary N) is 1. The Labute approximate surface area is 82.7 Å². The minimum Gasteiger partial charge on any atom is -0.314 e. The van der Waals surface area contributed by atoms with Crippen molar-refractivity contribution >= 4 is 0 Å². The van der Waals surface area contributed by atoms with Gasteiger partial charge >= 0.3 is 0 Å². The van der Waals surface area contributed by atoms with E-state index in [1.165, 1.54) is 32.2 Å². The second-order valence-corrected chi connectivity index (χ2v) is 4.36. The third-order valence-corrected chi connectivity index (χ3v) is 2.83. The number of hydrogen-bond acceptors (Lipinski definition) is 2. The molecule has 1 atom stereocenters. The van der Waals surface area contributed by atoms with Gasteiger partial charge in [-0.05, 0) is 52.7 Å². The Kier molecular flexibility index (Phi) is 4.74. The first-order valence-electron chi connectivity index (χ1n) is 5.67. The summed E-state index contributed by atoms with van der Waals surface area (Å²) in [5.41, 5.74) is 0. The molecule has 0 bridgehead atoms. The Morgan fingerprint density at radius 3 is 2.69 bits per heavy atom. The van der Waals surface area contributed by atoms with Gasteiger partial charge in [-0.25, -0.2) is 0 Å². The summed E-state index contributed by atoms with van der Waals surface area (Å²) in [4.78, 5) is 2.50. The topological polar surface area (TPSA) is 15.3 Å². The summed E-state index contributed by atoms with van der Waals surface area (Å²) < 4.78 is 0. The Bertz CT molecular complexity index is 132. The van der Waals surface area contributed by atoms with Crippen LogP contribution in [0, 0.1) is 0 Å². The van der Waals surface area contributed by atoms with Gasteiger partial charge in [-0.3, -0.25) is 0 Å². The van der Waals surface area contributed by atoms with Crippen molar-refractivity contribution in [1.82, 2.24) is 10.2 Å². The van der Waals surface area contributed by atoms with E-state index >= 15 is 0 Å². The molecule has 0 aromatic rings. The lowest BCUT2D eigenvalue weighted by Gasteiger charge is -2.19. The predicted molar refractivity (Wildman–Crippen MR) is 58.0 cm³/mol. The van der Waals surface area contributed by atoms with Crippen LogP contribution in [0.5, 0.6) is 0 Å². The van der Waals surface area contributed by atoms with Crippen molar-refractivity contribution in [2.45, 2.75) is 51.6 Å². The summed E-state index contributed by atoms with van der Waals surface area (Å²) in [7, 11) is 2.25. The standard InChI is InChI=1S/C11H24N2/c1-4-8-12-10(2)7-9-13(3)11-5-6-11/h10-12H,4-9H2,1-3H3. The van der Waals surface area contributed by atoms with Gasteiger partial charge in [0.25, 0.3) is 0 Å². The van der Waals surface area contributed by atoms with Crippen LogP contribution >= 0.6 is 0 Å². The first-order valence-corrected chi connectivity index (χ1v) is 5.67. The Morgan fingerprint density at radius 2 is 2.15 bits per heavy atom. The highest BCUT2D eigenvalue weighted by Crippen LogP contribution is 2.25. The van der Waals surface area contributed by atoms with Crippen molar-refractivity contribution in [1.29, 1.82) is 0 Å². The zero-order valence-corrected chi connectivity index (χ0v) is 9.34. The zero-order valence-electron chi connectivity index (χ0n) is 9.34. The Morgan fingerprint density at radius 1 is 1.46 bits per heavy atom. The smallest absolute Gasteiger partial charge is 0.00933 e. The molecule has 0 aromatic heterocycles. The van der Waals surface area contributed by atoms with Crippen molar-refractivity contribution in [2.24, 2.45) is 0 Å². The van der Waals surface area contributed by atoms with E-state index in [1.54, 1.807) is 0 Å². The minimum atomic E-state index is 0.682. The molecule has 1 rings (SSSR count). The summed E-state index contributed by atoms with van der Waals surface area (Å²) in [6.07, 6.45) is 5.37. The van der Waals surface area contributed by atoms with Gasteiger partial charge < -0.3 is 10.2 Å². The first-order chi connectivity index (χ1) is 6.24. The SMILES string of the molecule is CCCNC(C)CCN(C)C1CC1. The van der Waals surface area contributed by atoms with Gasteiger partial charge in [0.15, 0.2) is 0 Å². The third kappa shape index (κ3) is 4.63. The lowest BCUT2D eigenvalue weighted by Crippen LogP contribution is -2.32. The fourth-order valence-corrected chi connectivity index (χ4v) is 1.59.